The van der Waals surface area contributed by atoms with Crippen molar-refractivity contribution in [1.29, 1.82) is 0 Å². The SMILES string of the molecule is CS(=O)(=O)c1ccc(-c2c(-c3ccccc3C(=O)C(=O)c3ccccc3)ccc(C=S)c2Cl)cc1. The van der Waals surface area contributed by atoms with Crippen LogP contribution in [-0.2, 0) is 9.84 Å². The first kappa shape index (κ1) is 24.7. The topological polar surface area (TPSA) is 68.3 Å². The third-order valence-electron chi connectivity index (χ3n) is 5.57. The molecule has 0 bridgehead atoms. The standard InChI is InChI=1S/C28H19ClO4S2/c1-35(32,33)21-14-11-18(12-15-21)25-23(16-13-20(17-34)26(25)29)22-9-5-6-10-24(22)28(31)27(30)19-7-3-2-4-8-19/h2-17H,1H3. The fourth-order valence-corrected chi connectivity index (χ4v) is 5.04. The molecule has 0 radical (unpaired) electrons. The van der Waals surface area contributed by atoms with Crippen LogP contribution in [-0.4, -0.2) is 31.6 Å². The lowest BCUT2D eigenvalue weighted by molar-refractivity contribution is 0.0817. The van der Waals surface area contributed by atoms with Crippen LogP contribution in [0, 0.1) is 0 Å². The highest BCUT2D eigenvalue weighted by Gasteiger charge is 2.24. The van der Waals surface area contributed by atoms with Gasteiger partial charge in [-0.15, -0.1) is 0 Å². The summed E-state index contributed by atoms with van der Waals surface area (Å²) in [4.78, 5) is 26.4. The van der Waals surface area contributed by atoms with Gasteiger partial charge >= 0.3 is 0 Å². The summed E-state index contributed by atoms with van der Waals surface area (Å²) >= 11 is 11.9. The number of hydrogen-bond acceptors (Lipinski definition) is 5. The van der Waals surface area contributed by atoms with Gasteiger partial charge in [0.05, 0.1) is 9.92 Å². The molecule has 0 heterocycles. The van der Waals surface area contributed by atoms with Gasteiger partial charge in [-0.25, -0.2) is 8.42 Å². The monoisotopic (exact) mass is 518 g/mol. The van der Waals surface area contributed by atoms with Gasteiger partial charge in [-0.2, -0.15) is 0 Å². The Morgan fingerprint density at radius 1 is 0.771 bits per heavy atom. The van der Waals surface area contributed by atoms with Crippen LogP contribution in [0.1, 0.15) is 26.3 Å². The fraction of sp³-hybridized carbons (Fsp3) is 0.0357. The van der Waals surface area contributed by atoms with E-state index in [1.807, 2.05) is 0 Å². The fourth-order valence-electron chi connectivity index (χ4n) is 3.82. The number of sulfone groups is 1. The molecule has 174 valence electrons. The number of Topliss-reactive ketones (excluding diaryl/α,β-unsaturated/α-hetero) is 2. The van der Waals surface area contributed by atoms with Crippen molar-refractivity contribution in [2.75, 3.05) is 6.26 Å². The minimum Gasteiger partial charge on any atom is -0.285 e. The van der Waals surface area contributed by atoms with Crippen LogP contribution in [0.3, 0.4) is 0 Å². The molecule has 0 atom stereocenters. The predicted molar refractivity (Wildman–Crippen MR) is 143 cm³/mol. The molecular formula is C28H19ClO4S2. The van der Waals surface area contributed by atoms with E-state index in [4.69, 9.17) is 23.8 Å². The van der Waals surface area contributed by atoms with E-state index >= 15 is 0 Å². The largest absolute Gasteiger partial charge is 0.285 e. The maximum atomic E-state index is 13.3. The van der Waals surface area contributed by atoms with Gasteiger partial charge in [0.1, 0.15) is 0 Å². The summed E-state index contributed by atoms with van der Waals surface area (Å²) in [5, 5.41) is 1.82. The highest BCUT2D eigenvalue weighted by molar-refractivity contribution is 7.90. The number of hydrogen-bond donors (Lipinski definition) is 0. The molecule has 4 aromatic rings. The molecule has 0 aliphatic rings. The zero-order chi connectivity index (χ0) is 25.2. The van der Waals surface area contributed by atoms with Gasteiger partial charge < -0.3 is 0 Å². The lowest BCUT2D eigenvalue weighted by Crippen LogP contribution is -2.15. The summed E-state index contributed by atoms with van der Waals surface area (Å²) < 4.78 is 23.8. The van der Waals surface area contributed by atoms with Crippen molar-refractivity contribution in [2.24, 2.45) is 0 Å². The zero-order valence-corrected chi connectivity index (χ0v) is 21.0. The third-order valence-corrected chi connectivity index (χ3v) is 7.36. The van der Waals surface area contributed by atoms with Gasteiger partial charge in [0.25, 0.3) is 0 Å². The van der Waals surface area contributed by atoms with Crippen molar-refractivity contribution in [3.63, 3.8) is 0 Å². The lowest BCUT2D eigenvalue weighted by atomic mass is 9.88. The van der Waals surface area contributed by atoms with Crippen LogP contribution in [0.2, 0.25) is 5.02 Å². The molecule has 0 aliphatic heterocycles. The smallest absolute Gasteiger partial charge is 0.234 e. The number of benzene rings is 4. The number of carbonyl (C=O) groups is 2. The van der Waals surface area contributed by atoms with Crippen LogP contribution < -0.4 is 0 Å². The molecular weight excluding hydrogens is 500 g/mol. The molecule has 4 rings (SSSR count). The van der Waals surface area contributed by atoms with Gasteiger partial charge in [0.2, 0.25) is 11.6 Å². The quantitative estimate of drug-likeness (QED) is 0.159. The van der Waals surface area contributed by atoms with E-state index in [2.05, 4.69) is 0 Å². The van der Waals surface area contributed by atoms with E-state index in [1.54, 1.807) is 78.9 Å². The first-order valence-corrected chi connectivity index (χ1v) is 13.3. The summed E-state index contributed by atoms with van der Waals surface area (Å²) in [6.07, 6.45) is 1.14. The molecule has 35 heavy (non-hydrogen) atoms. The molecule has 0 spiro atoms. The Hall–Kier alpha value is -3.45. The number of halogens is 1. The Bertz CT molecular complexity index is 1560. The average molecular weight is 519 g/mol. The number of ketones is 2. The van der Waals surface area contributed by atoms with Gasteiger partial charge in [0.15, 0.2) is 9.84 Å². The molecule has 0 saturated heterocycles. The van der Waals surface area contributed by atoms with Gasteiger partial charge in [0, 0.05) is 33.9 Å². The van der Waals surface area contributed by atoms with Crippen LogP contribution in [0.4, 0.5) is 0 Å². The maximum Gasteiger partial charge on any atom is 0.234 e. The maximum absolute atomic E-state index is 13.3. The first-order chi connectivity index (χ1) is 16.7. The molecule has 0 saturated carbocycles. The van der Waals surface area contributed by atoms with E-state index in [-0.39, 0.29) is 10.5 Å². The molecule has 0 N–H and O–H groups in total. The molecule has 0 unspecified atom stereocenters. The summed E-state index contributed by atoms with van der Waals surface area (Å²) in [7, 11) is -3.38. The Balaban J connectivity index is 1.91. The van der Waals surface area contributed by atoms with Crippen LogP contribution in [0.5, 0.6) is 0 Å². The van der Waals surface area contributed by atoms with E-state index in [0.29, 0.717) is 38.4 Å². The number of carbonyl (C=O) groups excluding carboxylic acids is 2. The molecule has 0 amide bonds. The van der Waals surface area contributed by atoms with Crippen molar-refractivity contribution >= 4 is 50.6 Å². The van der Waals surface area contributed by atoms with Crippen molar-refractivity contribution in [2.45, 2.75) is 4.90 Å². The van der Waals surface area contributed by atoms with E-state index in [9.17, 15) is 18.0 Å². The van der Waals surface area contributed by atoms with Gasteiger partial charge in [-0.05, 0) is 28.8 Å². The minimum absolute atomic E-state index is 0.175. The molecule has 4 aromatic carbocycles. The van der Waals surface area contributed by atoms with Crippen molar-refractivity contribution in [1.82, 2.24) is 0 Å². The minimum atomic E-state index is -3.38. The summed E-state index contributed by atoms with van der Waals surface area (Å²) in [6.45, 7) is 0. The van der Waals surface area contributed by atoms with Crippen molar-refractivity contribution in [3.8, 4) is 22.3 Å². The summed E-state index contributed by atoms with van der Waals surface area (Å²) in [6, 6.07) is 25.1. The van der Waals surface area contributed by atoms with E-state index in [1.165, 1.54) is 17.5 Å². The third kappa shape index (κ3) is 5.00. The Morgan fingerprint density at radius 2 is 1.40 bits per heavy atom. The van der Waals surface area contributed by atoms with Crippen LogP contribution in [0.25, 0.3) is 22.3 Å². The van der Waals surface area contributed by atoms with E-state index < -0.39 is 21.4 Å². The lowest BCUT2D eigenvalue weighted by Gasteiger charge is -2.17. The molecule has 0 aliphatic carbocycles. The van der Waals surface area contributed by atoms with Crippen molar-refractivity contribution < 1.29 is 18.0 Å². The molecule has 0 aromatic heterocycles. The zero-order valence-electron chi connectivity index (χ0n) is 18.6. The Labute approximate surface area is 214 Å². The number of thiocarbonyl (C=S) groups is 1. The Morgan fingerprint density at radius 3 is 2.03 bits per heavy atom. The first-order valence-electron chi connectivity index (χ1n) is 10.5. The van der Waals surface area contributed by atoms with Crippen LogP contribution in [0.15, 0.2) is 95.9 Å². The Kier molecular flexibility index (Phi) is 7.08. The highest BCUT2D eigenvalue weighted by Crippen LogP contribution is 2.41. The molecule has 4 nitrogen and oxygen atoms in total. The second kappa shape index (κ2) is 10.0. The highest BCUT2D eigenvalue weighted by atomic mass is 35.5. The van der Waals surface area contributed by atoms with Crippen molar-refractivity contribution in [3.05, 3.63) is 113 Å². The second-order valence-corrected chi connectivity index (χ2v) is 10.5. The van der Waals surface area contributed by atoms with Crippen LogP contribution >= 0.6 is 23.8 Å². The second-order valence-electron chi connectivity index (χ2n) is 7.88. The van der Waals surface area contributed by atoms with Gasteiger partial charge in [-0.1, -0.05) is 103 Å². The summed E-state index contributed by atoms with van der Waals surface area (Å²) in [5.41, 5.74) is 3.52. The average Bonchev–Trinajstić information content (AvgIpc) is 2.87. The van der Waals surface area contributed by atoms with E-state index in [0.717, 1.165) is 6.26 Å². The molecule has 0 fully saturated rings. The number of rotatable bonds is 7. The van der Waals surface area contributed by atoms with Gasteiger partial charge in [-0.3, -0.25) is 9.59 Å². The normalized spacial score (nSPS) is 11.1. The predicted octanol–water partition coefficient (Wildman–Crippen LogP) is 6.49. The summed E-state index contributed by atoms with van der Waals surface area (Å²) in [5.74, 6) is -1.25. The molecule has 7 heteroatoms.